The van der Waals surface area contributed by atoms with Gasteiger partial charge in [0, 0.05) is 29.8 Å². The van der Waals surface area contributed by atoms with Gasteiger partial charge in [-0.15, -0.1) is 0 Å². The van der Waals surface area contributed by atoms with Crippen molar-refractivity contribution in [1.29, 1.82) is 0 Å². The highest BCUT2D eigenvalue weighted by atomic mass is 19.4. The molecular weight excluding hydrogens is 377 g/mol. The first-order chi connectivity index (χ1) is 12.9. The summed E-state index contributed by atoms with van der Waals surface area (Å²) < 4.78 is 44.8. The summed E-state index contributed by atoms with van der Waals surface area (Å²) in [4.78, 5) is 23.1. The van der Waals surface area contributed by atoms with E-state index in [9.17, 15) is 22.8 Å². The minimum atomic E-state index is -4.67. The van der Waals surface area contributed by atoms with E-state index < -0.39 is 30.1 Å². The number of aromatic nitrogens is 1. The molecule has 1 aromatic heterocycles. The Balaban J connectivity index is 2.07. The summed E-state index contributed by atoms with van der Waals surface area (Å²) in [7, 11) is 0. The Morgan fingerprint density at radius 1 is 1.11 bits per heavy atom. The predicted molar refractivity (Wildman–Crippen MR) is 98.1 cm³/mol. The molecule has 10 heteroatoms. The molecule has 0 aliphatic heterocycles. The minimum absolute atomic E-state index is 0.00574. The normalized spacial score (nSPS) is 11.8. The van der Waals surface area contributed by atoms with Crippen LogP contribution in [-0.2, 0) is 21.2 Å². The van der Waals surface area contributed by atoms with Gasteiger partial charge in [0.15, 0.2) is 0 Å². The van der Waals surface area contributed by atoms with E-state index in [1.165, 1.54) is 13.0 Å². The number of benzene rings is 1. The average molecular weight is 398 g/mol. The number of halogens is 3. The second-order valence-corrected chi connectivity index (χ2v) is 7.17. The molecule has 7 nitrogen and oxygen atoms in total. The lowest BCUT2D eigenvalue weighted by Gasteiger charge is -2.16. The Morgan fingerprint density at radius 3 is 2.32 bits per heavy atom. The molecule has 0 aliphatic rings. The third-order valence-electron chi connectivity index (χ3n) is 3.63. The number of nitrogens with zero attached hydrogens (tertiary/aromatic N) is 1. The molecule has 1 aromatic carbocycles. The SMILES string of the molecule is CC(=O)Nc1ccc(NCC(=O)Nc2cc(C(C)(C)C)no2)c(C(F)(F)F)c1. The number of anilines is 3. The molecule has 0 spiro atoms. The summed E-state index contributed by atoms with van der Waals surface area (Å²) in [6, 6.07) is 4.81. The van der Waals surface area contributed by atoms with Crippen LogP contribution in [0.25, 0.3) is 0 Å². The molecule has 0 aliphatic carbocycles. The molecule has 0 saturated carbocycles. The maximum absolute atomic E-state index is 13.3. The van der Waals surface area contributed by atoms with Gasteiger partial charge in [-0.3, -0.25) is 14.9 Å². The van der Waals surface area contributed by atoms with Crippen molar-refractivity contribution in [1.82, 2.24) is 5.16 Å². The molecule has 152 valence electrons. The van der Waals surface area contributed by atoms with Crippen molar-refractivity contribution >= 4 is 29.1 Å². The van der Waals surface area contributed by atoms with Crippen LogP contribution in [0.15, 0.2) is 28.8 Å². The van der Waals surface area contributed by atoms with Gasteiger partial charge in [-0.2, -0.15) is 13.2 Å². The van der Waals surface area contributed by atoms with Crippen molar-refractivity contribution in [2.75, 3.05) is 22.5 Å². The molecule has 2 aromatic rings. The lowest BCUT2D eigenvalue weighted by molar-refractivity contribution is -0.137. The van der Waals surface area contributed by atoms with Gasteiger partial charge in [-0.25, -0.2) is 0 Å². The predicted octanol–water partition coefficient (Wildman–Crippen LogP) is 4.00. The molecular formula is C18H21F3N4O3. The van der Waals surface area contributed by atoms with Crippen LogP contribution >= 0.6 is 0 Å². The Kier molecular flexibility index (Phi) is 6.01. The zero-order valence-electron chi connectivity index (χ0n) is 15.8. The molecule has 3 N–H and O–H groups in total. The second-order valence-electron chi connectivity index (χ2n) is 7.17. The highest BCUT2D eigenvalue weighted by Gasteiger charge is 2.34. The van der Waals surface area contributed by atoms with E-state index >= 15 is 0 Å². The monoisotopic (exact) mass is 398 g/mol. The summed E-state index contributed by atoms with van der Waals surface area (Å²) in [5.41, 5.74) is -0.928. The summed E-state index contributed by atoms with van der Waals surface area (Å²) in [5.74, 6) is -0.987. The van der Waals surface area contributed by atoms with E-state index in [-0.39, 0.29) is 22.7 Å². The van der Waals surface area contributed by atoms with Gasteiger partial charge >= 0.3 is 6.18 Å². The molecule has 0 fully saturated rings. The van der Waals surface area contributed by atoms with Crippen molar-refractivity contribution in [2.45, 2.75) is 39.3 Å². The number of nitrogens with one attached hydrogen (secondary N) is 3. The van der Waals surface area contributed by atoms with Gasteiger partial charge in [0.1, 0.15) is 0 Å². The standard InChI is InChI=1S/C18H21F3N4O3/c1-10(26)23-11-5-6-13(12(7-11)18(19,20)21)22-9-15(27)24-16-8-14(25-28-16)17(2,3)4/h5-8,22H,9H2,1-4H3,(H,23,26)(H,24,27). The van der Waals surface area contributed by atoms with Crippen molar-refractivity contribution in [3.63, 3.8) is 0 Å². The van der Waals surface area contributed by atoms with Crippen molar-refractivity contribution in [2.24, 2.45) is 0 Å². The molecule has 0 unspecified atom stereocenters. The molecule has 0 atom stereocenters. The summed E-state index contributed by atoms with van der Waals surface area (Å²) in [6.07, 6.45) is -4.67. The largest absolute Gasteiger partial charge is 0.418 e. The molecule has 28 heavy (non-hydrogen) atoms. The van der Waals surface area contributed by atoms with Crippen LogP contribution in [0.1, 0.15) is 39.0 Å². The Labute approximate surface area is 159 Å². The van der Waals surface area contributed by atoms with Crippen LogP contribution in [0, 0.1) is 0 Å². The van der Waals surface area contributed by atoms with Crippen LogP contribution in [0.5, 0.6) is 0 Å². The van der Waals surface area contributed by atoms with E-state index in [0.29, 0.717) is 5.69 Å². The highest BCUT2D eigenvalue weighted by molar-refractivity contribution is 5.93. The fraction of sp³-hybridized carbons (Fsp3) is 0.389. The van der Waals surface area contributed by atoms with Gasteiger partial charge < -0.3 is 15.2 Å². The maximum atomic E-state index is 13.3. The van der Waals surface area contributed by atoms with Gasteiger partial charge in [-0.1, -0.05) is 25.9 Å². The van der Waals surface area contributed by atoms with E-state index in [4.69, 9.17) is 4.52 Å². The van der Waals surface area contributed by atoms with E-state index in [1.807, 2.05) is 20.8 Å². The summed E-state index contributed by atoms with van der Waals surface area (Å²) >= 11 is 0. The summed E-state index contributed by atoms with van der Waals surface area (Å²) in [5, 5.41) is 11.0. The van der Waals surface area contributed by atoms with Crippen LogP contribution in [0.4, 0.5) is 30.4 Å². The fourth-order valence-electron chi connectivity index (χ4n) is 2.26. The van der Waals surface area contributed by atoms with Crippen LogP contribution < -0.4 is 16.0 Å². The zero-order chi connectivity index (χ0) is 21.1. The van der Waals surface area contributed by atoms with Crippen LogP contribution in [-0.4, -0.2) is 23.5 Å². The molecule has 2 rings (SSSR count). The molecule has 2 amide bonds. The van der Waals surface area contributed by atoms with Crippen LogP contribution in [0.2, 0.25) is 0 Å². The Hall–Kier alpha value is -3.04. The van der Waals surface area contributed by atoms with E-state index in [2.05, 4.69) is 21.1 Å². The minimum Gasteiger partial charge on any atom is -0.376 e. The van der Waals surface area contributed by atoms with Crippen LogP contribution in [0.3, 0.4) is 0 Å². The lowest BCUT2D eigenvalue weighted by atomic mass is 9.92. The number of rotatable bonds is 5. The van der Waals surface area contributed by atoms with Crippen molar-refractivity contribution in [3.05, 3.63) is 35.5 Å². The molecule has 0 radical (unpaired) electrons. The first-order valence-corrected chi connectivity index (χ1v) is 8.36. The first kappa shape index (κ1) is 21.3. The van der Waals surface area contributed by atoms with E-state index in [1.54, 1.807) is 6.07 Å². The lowest BCUT2D eigenvalue weighted by Crippen LogP contribution is -2.23. The zero-order valence-corrected chi connectivity index (χ0v) is 15.8. The van der Waals surface area contributed by atoms with Crippen molar-refractivity contribution in [3.8, 4) is 0 Å². The number of hydrogen-bond donors (Lipinski definition) is 3. The number of alkyl halides is 3. The number of hydrogen-bond acceptors (Lipinski definition) is 5. The van der Waals surface area contributed by atoms with Gasteiger partial charge in [0.2, 0.25) is 17.7 Å². The topological polar surface area (TPSA) is 96.3 Å². The Bertz CT molecular complexity index is 870. The molecule has 1 heterocycles. The van der Waals surface area contributed by atoms with Gasteiger partial charge in [0.25, 0.3) is 0 Å². The fourth-order valence-corrected chi connectivity index (χ4v) is 2.26. The quantitative estimate of drug-likeness (QED) is 0.708. The summed E-state index contributed by atoms with van der Waals surface area (Å²) in [6.45, 7) is 6.52. The van der Waals surface area contributed by atoms with Gasteiger partial charge in [-0.05, 0) is 18.2 Å². The Morgan fingerprint density at radius 2 is 1.79 bits per heavy atom. The molecule has 0 saturated heterocycles. The highest BCUT2D eigenvalue weighted by Crippen LogP contribution is 2.36. The van der Waals surface area contributed by atoms with E-state index in [0.717, 1.165) is 12.1 Å². The van der Waals surface area contributed by atoms with Gasteiger partial charge in [0.05, 0.1) is 17.8 Å². The molecule has 0 bridgehead atoms. The maximum Gasteiger partial charge on any atom is 0.418 e. The number of carbonyl (C=O) groups is 2. The second kappa shape index (κ2) is 7.91. The number of carbonyl (C=O) groups excluding carboxylic acids is 2. The average Bonchev–Trinajstić information content (AvgIpc) is 3.01. The first-order valence-electron chi connectivity index (χ1n) is 8.36. The third-order valence-corrected chi connectivity index (χ3v) is 3.63. The number of amides is 2. The third kappa shape index (κ3) is 5.73. The smallest absolute Gasteiger partial charge is 0.376 e. The van der Waals surface area contributed by atoms with Crippen molar-refractivity contribution < 1.29 is 27.3 Å².